The number of benzene rings is 3. The van der Waals surface area contributed by atoms with Crippen molar-refractivity contribution in [2.75, 3.05) is 5.32 Å². The van der Waals surface area contributed by atoms with E-state index < -0.39 is 6.10 Å². The largest absolute Gasteiger partial charge is 0.480 e. The van der Waals surface area contributed by atoms with E-state index in [1.165, 1.54) is 0 Å². The summed E-state index contributed by atoms with van der Waals surface area (Å²) in [5, 5.41) is 5.17. The van der Waals surface area contributed by atoms with Crippen LogP contribution in [0.2, 0.25) is 0 Å². The Kier molecular flexibility index (Phi) is 5.57. The SMILES string of the molecule is CC[C@@H](Oc1cccc2ccccc12)C(=O)Nc1ccccc1C(C)C. The molecule has 3 aromatic rings. The highest BCUT2D eigenvalue weighted by molar-refractivity contribution is 5.95. The van der Waals surface area contributed by atoms with E-state index in [4.69, 9.17) is 4.74 Å². The summed E-state index contributed by atoms with van der Waals surface area (Å²) in [6.45, 7) is 6.20. The standard InChI is InChI=1S/C23H25NO2/c1-4-21(23(25)24-20-14-8-7-12-18(20)16(2)3)26-22-15-9-11-17-10-5-6-13-19(17)22/h5-16,21H,4H2,1-3H3,(H,24,25)/t21-/m1/s1. The predicted octanol–water partition coefficient (Wildman–Crippen LogP) is 5.76. The predicted molar refractivity (Wildman–Crippen MR) is 108 cm³/mol. The summed E-state index contributed by atoms with van der Waals surface area (Å²) in [5.74, 6) is 0.960. The van der Waals surface area contributed by atoms with E-state index in [-0.39, 0.29) is 5.91 Å². The Balaban J connectivity index is 1.82. The molecule has 3 aromatic carbocycles. The van der Waals surface area contributed by atoms with Crippen LogP contribution < -0.4 is 10.1 Å². The minimum absolute atomic E-state index is 0.117. The maximum absolute atomic E-state index is 12.8. The molecule has 0 radical (unpaired) electrons. The van der Waals surface area contributed by atoms with Crippen molar-refractivity contribution in [3.63, 3.8) is 0 Å². The Morgan fingerprint density at radius 2 is 1.65 bits per heavy atom. The number of carbonyl (C=O) groups excluding carboxylic acids is 1. The summed E-state index contributed by atoms with van der Waals surface area (Å²) in [5.41, 5.74) is 1.98. The molecule has 1 amide bonds. The highest BCUT2D eigenvalue weighted by Crippen LogP contribution is 2.28. The van der Waals surface area contributed by atoms with Crippen molar-refractivity contribution < 1.29 is 9.53 Å². The zero-order chi connectivity index (χ0) is 18.5. The molecule has 0 aliphatic heterocycles. The number of nitrogens with one attached hydrogen (secondary N) is 1. The monoisotopic (exact) mass is 347 g/mol. The maximum atomic E-state index is 12.8. The summed E-state index contributed by atoms with van der Waals surface area (Å²) in [4.78, 5) is 12.8. The van der Waals surface area contributed by atoms with Gasteiger partial charge in [-0.1, -0.05) is 75.4 Å². The summed E-state index contributed by atoms with van der Waals surface area (Å²) >= 11 is 0. The van der Waals surface area contributed by atoms with Crippen LogP contribution in [0.25, 0.3) is 10.8 Å². The lowest BCUT2D eigenvalue weighted by molar-refractivity contribution is -0.122. The van der Waals surface area contributed by atoms with Crippen LogP contribution in [0.5, 0.6) is 5.75 Å². The Morgan fingerprint density at radius 1 is 0.962 bits per heavy atom. The maximum Gasteiger partial charge on any atom is 0.265 e. The molecule has 0 heterocycles. The molecule has 0 aliphatic carbocycles. The summed E-state index contributed by atoms with van der Waals surface area (Å²) < 4.78 is 6.10. The molecule has 0 saturated carbocycles. The zero-order valence-electron chi connectivity index (χ0n) is 15.5. The number of fused-ring (bicyclic) bond motifs is 1. The number of rotatable bonds is 6. The van der Waals surface area contributed by atoms with Gasteiger partial charge in [0.25, 0.3) is 5.91 Å². The van der Waals surface area contributed by atoms with Crippen LogP contribution in [0.3, 0.4) is 0 Å². The van der Waals surface area contributed by atoms with Crippen LogP contribution in [0.4, 0.5) is 5.69 Å². The third-order valence-corrected chi connectivity index (χ3v) is 4.52. The van der Waals surface area contributed by atoms with Gasteiger partial charge in [-0.15, -0.1) is 0 Å². The first-order valence-electron chi connectivity index (χ1n) is 9.14. The lowest BCUT2D eigenvalue weighted by Gasteiger charge is -2.20. The Hall–Kier alpha value is -2.81. The molecule has 0 aliphatic rings. The molecule has 1 N–H and O–H groups in total. The lowest BCUT2D eigenvalue weighted by Crippen LogP contribution is -2.32. The molecule has 0 spiro atoms. The van der Waals surface area contributed by atoms with Gasteiger partial charge in [-0.2, -0.15) is 0 Å². The average molecular weight is 347 g/mol. The fourth-order valence-electron chi connectivity index (χ4n) is 3.10. The van der Waals surface area contributed by atoms with Crippen molar-refractivity contribution in [1.82, 2.24) is 0 Å². The number of para-hydroxylation sites is 1. The second-order valence-corrected chi connectivity index (χ2v) is 6.72. The second kappa shape index (κ2) is 8.05. The van der Waals surface area contributed by atoms with E-state index in [9.17, 15) is 4.79 Å². The van der Waals surface area contributed by atoms with E-state index in [1.54, 1.807) is 0 Å². The van der Waals surface area contributed by atoms with E-state index in [0.29, 0.717) is 12.3 Å². The quantitative estimate of drug-likeness (QED) is 0.616. The first-order chi connectivity index (χ1) is 12.6. The highest BCUT2D eigenvalue weighted by atomic mass is 16.5. The average Bonchev–Trinajstić information content (AvgIpc) is 2.66. The second-order valence-electron chi connectivity index (χ2n) is 6.72. The smallest absolute Gasteiger partial charge is 0.265 e. The van der Waals surface area contributed by atoms with E-state index >= 15 is 0 Å². The van der Waals surface area contributed by atoms with Crippen molar-refractivity contribution in [2.45, 2.75) is 39.2 Å². The Labute approximate surface area is 155 Å². The number of amides is 1. The molecular formula is C23H25NO2. The van der Waals surface area contributed by atoms with Crippen LogP contribution in [0.15, 0.2) is 66.7 Å². The topological polar surface area (TPSA) is 38.3 Å². The van der Waals surface area contributed by atoms with Crippen molar-refractivity contribution in [2.24, 2.45) is 0 Å². The van der Waals surface area contributed by atoms with Crippen molar-refractivity contribution in [3.8, 4) is 5.75 Å². The molecule has 0 bridgehead atoms. The molecule has 134 valence electrons. The molecule has 3 rings (SSSR count). The summed E-state index contributed by atoms with van der Waals surface area (Å²) in [7, 11) is 0. The van der Waals surface area contributed by atoms with Crippen LogP contribution in [0.1, 0.15) is 38.7 Å². The molecule has 3 nitrogen and oxygen atoms in total. The number of anilines is 1. The fraction of sp³-hybridized carbons (Fsp3) is 0.261. The van der Waals surface area contributed by atoms with Crippen LogP contribution in [-0.4, -0.2) is 12.0 Å². The Morgan fingerprint density at radius 3 is 2.42 bits per heavy atom. The highest BCUT2D eigenvalue weighted by Gasteiger charge is 2.20. The number of carbonyl (C=O) groups is 1. The molecule has 0 fully saturated rings. The van der Waals surface area contributed by atoms with Gasteiger partial charge in [0, 0.05) is 11.1 Å². The van der Waals surface area contributed by atoms with Gasteiger partial charge in [0.2, 0.25) is 0 Å². The number of ether oxygens (including phenoxy) is 1. The molecule has 0 aromatic heterocycles. The van der Waals surface area contributed by atoms with Crippen molar-refractivity contribution >= 4 is 22.4 Å². The van der Waals surface area contributed by atoms with E-state index in [1.807, 2.05) is 73.7 Å². The normalized spacial score (nSPS) is 12.2. The van der Waals surface area contributed by atoms with Gasteiger partial charge in [-0.25, -0.2) is 0 Å². The fourth-order valence-corrected chi connectivity index (χ4v) is 3.10. The lowest BCUT2D eigenvalue weighted by atomic mass is 10.0. The summed E-state index contributed by atoms with van der Waals surface area (Å²) in [6, 6.07) is 21.9. The van der Waals surface area contributed by atoms with Gasteiger partial charge in [-0.3, -0.25) is 4.79 Å². The molecule has 26 heavy (non-hydrogen) atoms. The third-order valence-electron chi connectivity index (χ3n) is 4.52. The third kappa shape index (κ3) is 3.88. The van der Waals surface area contributed by atoms with Gasteiger partial charge in [-0.05, 0) is 35.4 Å². The van der Waals surface area contributed by atoms with Gasteiger partial charge in [0.1, 0.15) is 5.75 Å². The molecule has 1 atom stereocenters. The van der Waals surface area contributed by atoms with Gasteiger partial charge < -0.3 is 10.1 Å². The molecule has 0 unspecified atom stereocenters. The van der Waals surface area contributed by atoms with Crippen LogP contribution >= 0.6 is 0 Å². The number of hydrogen-bond donors (Lipinski definition) is 1. The van der Waals surface area contributed by atoms with Crippen LogP contribution in [0, 0.1) is 0 Å². The van der Waals surface area contributed by atoms with E-state index in [0.717, 1.165) is 27.8 Å². The van der Waals surface area contributed by atoms with Gasteiger partial charge >= 0.3 is 0 Å². The van der Waals surface area contributed by atoms with Crippen molar-refractivity contribution in [3.05, 3.63) is 72.3 Å². The molecule has 3 heteroatoms. The first-order valence-corrected chi connectivity index (χ1v) is 9.14. The number of hydrogen-bond acceptors (Lipinski definition) is 2. The minimum atomic E-state index is -0.541. The van der Waals surface area contributed by atoms with Crippen LogP contribution in [-0.2, 0) is 4.79 Å². The summed E-state index contributed by atoms with van der Waals surface area (Å²) in [6.07, 6.45) is 0.0554. The van der Waals surface area contributed by atoms with Gasteiger partial charge in [0.15, 0.2) is 6.10 Å². The minimum Gasteiger partial charge on any atom is -0.480 e. The zero-order valence-corrected chi connectivity index (χ0v) is 15.5. The Bertz CT molecular complexity index is 896. The molecular weight excluding hydrogens is 322 g/mol. The van der Waals surface area contributed by atoms with Gasteiger partial charge in [0.05, 0.1) is 0 Å². The first kappa shape index (κ1) is 18.0. The molecule has 0 saturated heterocycles. The van der Waals surface area contributed by atoms with E-state index in [2.05, 4.69) is 19.2 Å². The van der Waals surface area contributed by atoms with Crippen molar-refractivity contribution in [1.29, 1.82) is 0 Å².